The van der Waals surface area contributed by atoms with Crippen molar-refractivity contribution in [3.05, 3.63) is 81.8 Å². The van der Waals surface area contributed by atoms with Crippen molar-refractivity contribution in [2.45, 2.75) is 11.8 Å². The maximum absolute atomic E-state index is 13.1. The van der Waals surface area contributed by atoms with E-state index in [4.69, 9.17) is 27.9 Å². The summed E-state index contributed by atoms with van der Waals surface area (Å²) in [7, 11) is -3.01. The maximum Gasteiger partial charge on any atom is 0.294 e. The Balaban J connectivity index is 1.77. The standard InChI is InChI=1S/C25H19Cl2N3O6S/c1-13-21(37(33,34)35)10-8-19(22(13)27)29-30-23-16-6-4-3-5-14(16)11-17(24(23)31)25(32)28-15-7-9-20(36-2)18(26)12-15/h3-12,31H,1-2H3,(H,28,32)(H,33,34,35). The Morgan fingerprint density at radius 1 is 1.03 bits per heavy atom. The largest absolute Gasteiger partial charge is 0.505 e. The van der Waals surface area contributed by atoms with Crippen molar-refractivity contribution in [3.63, 3.8) is 0 Å². The number of hydrogen-bond donors (Lipinski definition) is 3. The minimum absolute atomic E-state index is 0.00332. The van der Waals surface area contributed by atoms with Crippen LogP contribution in [-0.4, -0.2) is 31.1 Å². The van der Waals surface area contributed by atoms with Crippen LogP contribution in [0.5, 0.6) is 11.5 Å². The lowest BCUT2D eigenvalue weighted by molar-refractivity contribution is 0.102. The topological polar surface area (TPSA) is 138 Å². The molecule has 4 aromatic carbocycles. The van der Waals surface area contributed by atoms with E-state index in [-0.39, 0.29) is 32.4 Å². The highest BCUT2D eigenvalue weighted by molar-refractivity contribution is 7.85. The number of phenolic OH excluding ortho intramolecular Hbond substituents is 1. The van der Waals surface area contributed by atoms with Crippen molar-refractivity contribution in [1.82, 2.24) is 0 Å². The van der Waals surface area contributed by atoms with Crippen molar-refractivity contribution in [3.8, 4) is 11.5 Å². The lowest BCUT2D eigenvalue weighted by atomic mass is 10.0. The summed E-state index contributed by atoms with van der Waals surface area (Å²) in [6, 6.07) is 15.6. The van der Waals surface area contributed by atoms with Gasteiger partial charge in [-0.2, -0.15) is 8.42 Å². The Kier molecular flexibility index (Phi) is 7.37. The van der Waals surface area contributed by atoms with Crippen molar-refractivity contribution in [2.24, 2.45) is 10.2 Å². The summed E-state index contributed by atoms with van der Waals surface area (Å²) in [6.45, 7) is 1.41. The molecule has 4 rings (SSSR count). The average Bonchev–Trinajstić information content (AvgIpc) is 2.84. The normalized spacial score (nSPS) is 11.7. The van der Waals surface area contributed by atoms with Crippen LogP contribution in [-0.2, 0) is 10.1 Å². The molecule has 0 aliphatic carbocycles. The molecule has 1 amide bonds. The van der Waals surface area contributed by atoms with E-state index in [0.717, 1.165) is 6.07 Å². The van der Waals surface area contributed by atoms with Gasteiger partial charge < -0.3 is 15.2 Å². The molecule has 12 heteroatoms. The predicted octanol–water partition coefficient (Wildman–Crippen LogP) is 7.08. The fourth-order valence-corrected chi connectivity index (χ4v) is 4.89. The van der Waals surface area contributed by atoms with Gasteiger partial charge in [0.15, 0.2) is 5.75 Å². The van der Waals surface area contributed by atoms with Gasteiger partial charge in [0, 0.05) is 11.1 Å². The minimum Gasteiger partial charge on any atom is -0.505 e. The molecule has 0 bridgehead atoms. The van der Waals surface area contributed by atoms with Gasteiger partial charge in [0.25, 0.3) is 16.0 Å². The molecular weight excluding hydrogens is 541 g/mol. The van der Waals surface area contributed by atoms with Gasteiger partial charge in [0.05, 0.1) is 27.6 Å². The first-order valence-corrected chi connectivity index (χ1v) is 12.8. The Labute approximate surface area is 222 Å². The number of carbonyl (C=O) groups is 1. The van der Waals surface area contributed by atoms with E-state index in [9.17, 15) is 22.9 Å². The quantitative estimate of drug-likeness (QED) is 0.170. The van der Waals surface area contributed by atoms with Crippen LogP contribution in [0.15, 0.2) is 75.8 Å². The Morgan fingerprint density at radius 3 is 2.43 bits per heavy atom. The number of benzene rings is 4. The zero-order valence-corrected chi connectivity index (χ0v) is 21.7. The molecule has 4 aromatic rings. The summed E-state index contributed by atoms with van der Waals surface area (Å²) < 4.78 is 37.5. The number of phenols is 1. The highest BCUT2D eigenvalue weighted by Gasteiger charge is 2.20. The molecule has 0 spiro atoms. The number of azo groups is 1. The SMILES string of the molecule is COc1ccc(NC(=O)c2cc3ccccc3c(N=Nc3ccc(S(=O)(=O)O)c(C)c3Cl)c2O)cc1Cl. The first-order valence-electron chi connectivity index (χ1n) is 10.6. The van der Waals surface area contributed by atoms with E-state index in [1.165, 1.54) is 32.2 Å². The van der Waals surface area contributed by atoms with E-state index in [0.29, 0.717) is 27.2 Å². The summed E-state index contributed by atoms with van der Waals surface area (Å²) in [5, 5.41) is 23.3. The van der Waals surface area contributed by atoms with Gasteiger partial charge in [-0.05, 0) is 54.3 Å². The number of fused-ring (bicyclic) bond motifs is 1. The van der Waals surface area contributed by atoms with E-state index in [1.54, 1.807) is 36.4 Å². The predicted molar refractivity (Wildman–Crippen MR) is 142 cm³/mol. The third-order valence-corrected chi connectivity index (χ3v) is 7.27. The van der Waals surface area contributed by atoms with Gasteiger partial charge in [0.2, 0.25) is 0 Å². The molecule has 190 valence electrons. The lowest BCUT2D eigenvalue weighted by Gasteiger charge is -2.12. The van der Waals surface area contributed by atoms with Crippen LogP contribution in [0, 0.1) is 6.92 Å². The Morgan fingerprint density at radius 2 is 1.76 bits per heavy atom. The number of carbonyl (C=O) groups excluding carboxylic acids is 1. The lowest BCUT2D eigenvalue weighted by Crippen LogP contribution is -2.12. The Bertz CT molecular complexity index is 1690. The number of ether oxygens (including phenoxy) is 1. The average molecular weight is 560 g/mol. The molecule has 0 saturated carbocycles. The molecule has 0 unspecified atom stereocenters. The zero-order valence-electron chi connectivity index (χ0n) is 19.4. The fourth-order valence-electron chi connectivity index (χ4n) is 3.65. The van der Waals surface area contributed by atoms with Gasteiger partial charge in [-0.1, -0.05) is 47.5 Å². The number of anilines is 1. The van der Waals surface area contributed by atoms with Crippen LogP contribution in [0.3, 0.4) is 0 Å². The molecule has 0 radical (unpaired) electrons. The van der Waals surface area contributed by atoms with Crippen molar-refractivity contribution in [2.75, 3.05) is 12.4 Å². The monoisotopic (exact) mass is 559 g/mol. The van der Waals surface area contributed by atoms with Gasteiger partial charge in [-0.25, -0.2) is 0 Å². The van der Waals surface area contributed by atoms with Crippen LogP contribution in [0.2, 0.25) is 10.0 Å². The highest BCUT2D eigenvalue weighted by Crippen LogP contribution is 2.41. The smallest absolute Gasteiger partial charge is 0.294 e. The molecule has 0 fully saturated rings. The first-order chi connectivity index (χ1) is 17.5. The maximum atomic E-state index is 13.1. The summed E-state index contributed by atoms with van der Waals surface area (Å²) in [4.78, 5) is 12.7. The minimum atomic E-state index is -4.48. The van der Waals surface area contributed by atoms with E-state index in [2.05, 4.69) is 15.5 Å². The van der Waals surface area contributed by atoms with Crippen LogP contribution in [0.4, 0.5) is 17.1 Å². The zero-order chi connectivity index (χ0) is 26.9. The number of nitrogens with zero attached hydrogens (tertiary/aromatic N) is 2. The third kappa shape index (κ3) is 5.37. The van der Waals surface area contributed by atoms with Gasteiger partial charge >= 0.3 is 0 Å². The number of methoxy groups -OCH3 is 1. The number of nitrogens with one attached hydrogen (secondary N) is 1. The number of aromatic hydroxyl groups is 1. The summed E-state index contributed by atoms with van der Waals surface area (Å²) in [5.74, 6) is -0.608. The van der Waals surface area contributed by atoms with Gasteiger partial charge in [-0.15, -0.1) is 10.2 Å². The molecule has 0 saturated heterocycles. The molecular formula is C25H19Cl2N3O6S. The van der Waals surface area contributed by atoms with Gasteiger partial charge in [0.1, 0.15) is 17.1 Å². The van der Waals surface area contributed by atoms with Crippen molar-refractivity contribution < 1.29 is 27.6 Å². The van der Waals surface area contributed by atoms with Crippen LogP contribution >= 0.6 is 23.2 Å². The van der Waals surface area contributed by atoms with Crippen LogP contribution in [0.25, 0.3) is 10.8 Å². The third-order valence-electron chi connectivity index (χ3n) is 5.50. The molecule has 0 atom stereocenters. The molecule has 0 aliphatic rings. The van der Waals surface area contributed by atoms with Gasteiger partial charge in [-0.3, -0.25) is 9.35 Å². The number of halogens is 2. The highest BCUT2D eigenvalue weighted by atomic mass is 35.5. The molecule has 9 nitrogen and oxygen atoms in total. The molecule has 0 aromatic heterocycles. The number of amides is 1. The summed E-state index contributed by atoms with van der Waals surface area (Å²) in [5.41, 5.74) is 0.499. The number of hydrogen-bond acceptors (Lipinski definition) is 7. The van der Waals surface area contributed by atoms with E-state index >= 15 is 0 Å². The molecule has 37 heavy (non-hydrogen) atoms. The second-order valence-electron chi connectivity index (χ2n) is 7.84. The van der Waals surface area contributed by atoms with E-state index in [1.807, 2.05) is 0 Å². The van der Waals surface area contributed by atoms with Crippen molar-refractivity contribution in [1.29, 1.82) is 0 Å². The molecule has 0 heterocycles. The van der Waals surface area contributed by atoms with Crippen LogP contribution in [0.1, 0.15) is 15.9 Å². The summed E-state index contributed by atoms with van der Waals surface area (Å²) in [6.07, 6.45) is 0. The number of rotatable bonds is 6. The van der Waals surface area contributed by atoms with E-state index < -0.39 is 21.8 Å². The van der Waals surface area contributed by atoms with Crippen molar-refractivity contribution >= 4 is 67.1 Å². The Hall–Kier alpha value is -3.70. The second kappa shape index (κ2) is 10.3. The molecule has 3 N–H and O–H groups in total. The van der Waals surface area contributed by atoms with Crippen LogP contribution < -0.4 is 10.1 Å². The molecule has 0 aliphatic heterocycles. The first kappa shape index (κ1) is 26.4. The fraction of sp³-hybridized carbons (Fsp3) is 0.0800. The summed E-state index contributed by atoms with van der Waals surface area (Å²) >= 11 is 12.4. The second-order valence-corrected chi connectivity index (χ2v) is 10.0.